The van der Waals surface area contributed by atoms with Gasteiger partial charge >= 0.3 is 0 Å². The van der Waals surface area contributed by atoms with Crippen molar-refractivity contribution in [2.45, 2.75) is 59.3 Å². The fraction of sp³-hybridized carbons (Fsp3) is 0.611. The van der Waals surface area contributed by atoms with Gasteiger partial charge in [-0.15, -0.1) is 0 Å². The first-order chi connectivity index (χ1) is 9.45. The Bertz CT molecular complexity index is 595. The Hall–Kier alpha value is -1.31. The summed E-state index contributed by atoms with van der Waals surface area (Å²) >= 11 is 0. The molecule has 0 atom stereocenters. The number of imidazole rings is 1. The largest absolute Gasteiger partial charge is 0.342 e. The van der Waals surface area contributed by atoms with E-state index in [2.05, 4.69) is 50.9 Å². The lowest BCUT2D eigenvalue weighted by molar-refractivity contribution is 0.167. The minimum atomic E-state index is 0.454. The molecule has 0 unspecified atom stereocenters. The molecule has 1 aromatic heterocycles. The Kier molecular flexibility index (Phi) is 3.35. The van der Waals surface area contributed by atoms with E-state index in [1.54, 1.807) is 0 Å². The number of rotatable bonds is 1. The molecule has 1 N–H and O–H groups in total. The maximum absolute atomic E-state index is 4.87. The number of hydrogen-bond donors (Lipinski definition) is 1. The minimum absolute atomic E-state index is 0.454. The van der Waals surface area contributed by atoms with Crippen LogP contribution in [0.5, 0.6) is 0 Å². The van der Waals surface area contributed by atoms with E-state index in [9.17, 15) is 0 Å². The van der Waals surface area contributed by atoms with Gasteiger partial charge in [0.2, 0.25) is 0 Å². The molecule has 0 bridgehead atoms. The maximum atomic E-state index is 4.87. The van der Waals surface area contributed by atoms with Gasteiger partial charge in [-0.1, -0.05) is 32.9 Å². The number of para-hydroxylation sites is 1. The molecular formula is C18H26N2. The Morgan fingerprint density at radius 1 is 1.10 bits per heavy atom. The quantitative estimate of drug-likeness (QED) is 0.759. The van der Waals surface area contributed by atoms with Gasteiger partial charge in [0.15, 0.2) is 0 Å². The van der Waals surface area contributed by atoms with E-state index in [1.807, 2.05) is 0 Å². The van der Waals surface area contributed by atoms with Crippen LogP contribution in [0.4, 0.5) is 0 Å². The van der Waals surface area contributed by atoms with Crippen LogP contribution in [-0.2, 0) is 0 Å². The van der Waals surface area contributed by atoms with Gasteiger partial charge in [-0.2, -0.15) is 0 Å². The molecule has 0 amide bonds. The molecule has 1 aromatic carbocycles. The third-order valence-corrected chi connectivity index (χ3v) is 5.07. The minimum Gasteiger partial charge on any atom is -0.342 e. The lowest BCUT2D eigenvalue weighted by Crippen LogP contribution is -2.25. The first-order valence-corrected chi connectivity index (χ1v) is 7.90. The van der Waals surface area contributed by atoms with Crippen molar-refractivity contribution in [1.82, 2.24) is 9.97 Å². The van der Waals surface area contributed by atoms with Crippen molar-refractivity contribution >= 4 is 11.0 Å². The Morgan fingerprint density at radius 2 is 1.80 bits per heavy atom. The first-order valence-electron chi connectivity index (χ1n) is 7.90. The first kappa shape index (κ1) is 13.7. The number of H-pyrrole nitrogens is 1. The SMILES string of the molecule is Cc1cccc2[nH]c(C3CCC(C(C)(C)C)CC3)nc12. The summed E-state index contributed by atoms with van der Waals surface area (Å²) in [5, 5.41) is 0. The summed E-state index contributed by atoms with van der Waals surface area (Å²) in [5.74, 6) is 2.70. The summed E-state index contributed by atoms with van der Waals surface area (Å²) in [6.45, 7) is 9.27. The summed E-state index contributed by atoms with van der Waals surface area (Å²) in [5.41, 5.74) is 4.07. The van der Waals surface area contributed by atoms with Crippen LogP contribution < -0.4 is 0 Å². The van der Waals surface area contributed by atoms with E-state index in [0.717, 1.165) is 11.4 Å². The lowest BCUT2D eigenvalue weighted by atomic mass is 9.70. The van der Waals surface area contributed by atoms with Crippen molar-refractivity contribution in [2.75, 3.05) is 0 Å². The van der Waals surface area contributed by atoms with Gasteiger partial charge in [-0.05, 0) is 55.6 Å². The number of aromatic amines is 1. The van der Waals surface area contributed by atoms with Crippen LogP contribution in [0, 0.1) is 18.3 Å². The molecule has 2 nitrogen and oxygen atoms in total. The van der Waals surface area contributed by atoms with Crippen LogP contribution in [-0.4, -0.2) is 9.97 Å². The van der Waals surface area contributed by atoms with Gasteiger partial charge in [-0.25, -0.2) is 4.98 Å². The van der Waals surface area contributed by atoms with Crippen molar-refractivity contribution in [3.05, 3.63) is 29.6 Å². The number of aromatic nitrogens is 2. The van der Waals surface area contributed by atoms with Gasteiger partial charge in [0.25, 0.3) is 0 Å². The van der Waals surface area contributed by atoms with Crippen LogP contribution in [0.25, 0.3) is 11.0 Å². The Labute approximate surface area is 122 Å². The van der Waals surface area contributed by atoms with E-state index in [0.29, 0.717) is 11.3 Å². The smallest absolute Gasteiger partial charge is 0.110 e. The molecule has 1 heterocycles. The van der Waals surface area contributed by atoms with Crippen molar-refractivity contribution in [3.8, 4) is 0 Å². The molecule has 1 aliphatic rings. The highest BCUT2D eigenvalue weighted by Gasteiger charge is 2.31. The third kappa shape index (κ3) is 2.48. The highest BCUT2D eigenvalue weighted by molar-refractivity contribution is 5.78. The third-order valence-electron chi connectivity index (χ3n) is 5.07. The predicted molar refractivity (Wildman–Crippen MR) is 85.0 cm³/mol. The lowest BCUT2D eigenvalue weighted by Gasteiger charge is -2.36. The molecule has 20 heavy (non-hydrogen) atoms. The number of nitrogens with one attached hydrogen (secondary N) is 1. The molecule has 1 fully saturated rings. The molecule has 0 aliphatic heterocycles. The van der Waals surface area contributed by atoms with Crippen molar-refractivity contribution in [2.24, 2.45) is 11.3 Å². The molecule has 2 aromatic rings. The summed E-state index contributed by atoms with van der Waals surface area (Å²) in [6.07, 6.45) is 5.23. The monoisotopic (exact) mass is 270 g/mol. The van der Waals surface area contributed by atoms with E-state index < -0.39 is 0 Å². The van der Waals surface area contributed by atoms with Crippen molar-refractivity contribution in [1.29, 1.82) is 0 Å². The van der Waals surface area contributed by atoms with Gasteiger partial charge in [0, 0.05) is 5.92 Å². The standard InChI is InChI=1S/C18H26N2/c1-12-6-5-7-15-16(12)20-17(19-15)13-8-10-14(11-9-13)18(2,3)4/h5-7,13-14H,8-11H2,1-4H3,(H,19,20). The predicted octanol–water partition coefficient (Wildman–Crippen LogP) is 5.19. The van der Waals surface area contributed by atoms with E-state index in [-0.39, 0.29) is 0 Å². The summed E-state index contributed by atoms with van der Waals surface area (Å²) in [4.78, 5) is 8.42. The second-order valence-corrected chi connectivity index (χ2v) is 7.51. The van der Waals surface area contributed by atoms with Crippen molar-refractivity contribution < 1.29 is 0 Å². The summed E-state index contributed by atoms with van der Waals surface area (Å²) < 4.78 is 0. The number of aryl methyl sites for hydroxylation is 1. The zero-order valence-corrected chi connectivity index (χ0v) is 13.2. The Morgan fingerprint density at radius 3 is 2.40 bits per heavy atom. The fourth-order valence-electron chi connectivity index (χ4n) is 3.62. The average molecular weight is 270 g/mol. The highest BCUT2D eigenvalue weighted by Crippen LogP contribution is 2.42. The topological polar surface area (TPSA) is 28.7 Å². The molecule has 0 radical (unpaired) electrons. The summed E-state index contributed by atoms with van der Waals surface area (Å²) in [6, 6.07) is 6.39. The number of hydrogen-bond acceptors (Lipinski definition) is 1. The Balaban J connectivity index is 1.78. The average Bonchev–Trinajstić information content (AvgIpc) is 2.83. The molecule has 1 aliphatic carbocycles. The zero-order valence-electron chi connectivity index (χ0n) is 13.2. The van der Waals surface area contributed by atoms with Crippen LogP contribution in [0.3, 0.4) is 0 Å². The van der Waals surface area contributed by atoms with Gasteiger partial charge < -0.3 is 4.98 Å². The highest BCUT2D eigenvalue weighted by atomic mass is 14.9. The van der Waals surface area contributed by atoms with Gasteiger partial charge in [0.05, 0.1) is 11.0 Å². The van der Waals surface area contributed by atoms with Crippen molar-refractivity contribution in [3.63, 3.8) is 0 Å². The molecule has 0 saturated heterocycles. The number of benzene rings is 1. The second kappa shape index (κ2) is 4.91. The van der Waals surface area contributed by atoms with Gasteiger partial charge in [-0.3, -0.25) is 0 Å². The van der Waals surface area contributed by atoms with Crippen LogP contribution in [0.2, 0.25) is 0 Å². The fourth-order valence-corrected chi connectivity index (χ4v) is 3.62. The van der Waals surface area contributed by atoms with Crippen LogP contribution in [0.1, 0.15) is 63.8 Å². The molecule has 2 heteroatoms. The molecule has 108 valence electrons. The summed E-state index contributed by atoms with van der Waals surface area (Å²) in [7, 11) is 0. The molecular weight excluding hydrogens is 244 g/mol. The van der Waals surface area contributed by atoms with E-state index >= 15 is 0 Å². The van der Waals surface area contributed by atoms with Gasteiger partial charge in [0.1, 0.15) is 5.82 Å². The number of fused-ring (bicyclic) bond motifs is 1. The zero-order chi connectivity index (χ0) is 14.3. The second-order valence-electron chi connectivity index (χ2n) is 7.51. The van der Waals surface area contributed by atoms with Crippen LogP contribution in [0.15, 0.2) is 18.2 Å². The van der Waals surface area contributed by atoms with E-state index in [1.165, 1.54) is 42.6 Å². The molecule has 1 saturated carbocycles. The maximum Gasteiger partial charge on any atom is 0.110 e. The van der Waals surface area contributed by atoms with Crippen LogP contribution >= 0.6 is 0 Å². The molecule has 3 rings (SSSR count). The number of nitrogens with zero attached hydrogens (tertiary/aromatic N) is 1. The molecule has 0 spiro atoms. The van der Waals surface area contributed by atoms with E-state index in [4.69, 9.17) is 4.98 Å². The normalized spacial score (nSPS) is 24.2.